The van der Waals surface area contributed by atoms with Gasteiger partial charge in [0.2, 0.25) is 0 Å². The van der Waals surface area contributed by atoms with Crippen molar-refractivity contribution in [3.63, 3.8) is 0 Å². The fourth-order valence-electron chi connectivity index (χ4n) is 2.20. The van der Waals surface area contributed by atoms with E-state index in [1.54, 1.807) is 13.8 Å². The van der Waals surface area contributed by atoms with Gasteiger partial charge < -0.3 is 9.30 Å². The van der Waals surface area contributed by atoms with Gasteiger partial charge in [0.05, 0.1) is 12.7 Å². The fourth-order valence-corrected chi connectivity index (χ4v) is 2.35. The lowest BCUT2D eigenvalue weighted by Crippen LogP contribution is -2.05. The molecule has 1 aromatic carbocycles. The third-order valence-corrected chi connectivity index (χ3v) is 3.60. The standard InChI is InChI=1S/C15H15ClF4N2O/c1-8(2)22-7-12(15(18,19)20)21-14(22)13-10(17)4-9(6-16)5-11(13)23-3/h4-5,7-8H,6H2,1-3H3. The van der Waals surface area contributed by atoms with Crippen LogP contribution in [0.3, 0.4) is 0 Å². The number of hydrogen-bond acceptors (Lipinski definition) is 2. The molecule has 2 rings (SSSR count). The highest BCUT2D eigenvalue weighted by atomic mass is 35.5. The van der Waals surface area contributed by atoms with Crippen molar-refractivity contribution >= 4 is 11.6 Å². The summed E-state index contributed by atoms with van der Waals surface area (Å²) in [4.78, 5) is 3.58. The fraction of sp³-hybridized carbons (Fsp3) is 0.400. The van der Waals surface area contributed by atoms with Crippen LogP contribution in [0.1, 0.15) is 31.1 Å². The molecule has 0 aliphatic heterocycles. The first-order valence-corrected chi connectivity index (χ1v) is 7.31. The van der Waals surface area contributed by atoms with Crippen molar-refractivity contribution in [1.82, 2.24) is 9.55 Å². The quantitative estimate of drug-likeness (QED) is 0.571. The van der Waals surface area contributed by atoms with E-state index in [4.69, 9.17) is 16.3 Å². The lowest BCUT2D eigenvalue weighted by Gasteiger charge is -2.15. The van der Waals surface area contributed by atoms with E-state index in [1.807, 2.05) is 0 Å². The minimum atomic E-state index is -4.62. The maximum absolute atomic E-state index is 14.4. The number of benzene rings is 1. The smallest absolute Gasteiger partial charge is 0.434 e. The van der Waals surface area contributed by atoms with Crippen molar-refractivity contribution in [3.05, 3.63) is 35.4 Å². The average Bonchev–Trinajstić information content (AvgIpc) is 2.91. The SMILES string of the molecule is COc1cc(CCl)cc(F)c1-c1nc(C(F)(F)F)cn1C(C)C. The van der Waals surface area contributed by atoms with Crippen LogP contribution in [0.25, 0.3) is 11.4 Å². The molecule has 0 unspecified atom stereocenters. The first-order chi connectivity index (χ1) is 10.7. The number of aromatic nitrogens is 2. The number of alkyl halides is 4. The van der Waals surface area contributed by atoms with Gasteiger partial charge in [0.25, 0.3) is 0 Å². The molecule has 0 N–H and O–H groups in total. The van der Waals surface area contributed by atoms with Crippen LogP contribution in [0.2, 0.25) is 0 Å². The molecule has 1 heterocycles. The molecule has 0 radical (unpaired) electrons. The predicted octanol–water partition coefficient (Wildman–Crippen LogP) is 5.04. The molecule has 0 spiro atoms. The van der Waals surface area contributed by atoms with Crippen LogP contribution in [0, 0.1) is 5.82 Å². The third-order valence-electron chi connectivity index (χ3n) is 3.29. The van der Waals surface area contributed by atoms with Crippen LogP contribution < -0.4 is 4.74 Å². The predicted molar refractivity (Wildman–Crippen MR) is 79.1 cm³/mol. The molecule has 0 atom stereocenters. The van der Waals surface area contributed by atoms with E-state index < -0.39 is 17.7 Å². The van der Waals surface area contributed by atoms with Gasteiger partial charge in [0.1, 0.15) is 17.4 Å². The van der Waals surface area contributed by atoms with Crippen LogP contribution in [0.4, 0.5) is 17.6 Å². The van der Waals surface area contributed by atoms with Crippen LogP contribution in [0.15, 0.2) is 18.3 Å². The van der Waals surface area contributed by atoms with E-state index >= 15 is 0 Å². The van der Waals surface area contributed by atoms with Gasteiger partial charge >= 0.3 is 6.18 Å². The third kappa shape index (κ3) is 3.44. The number of methoxy groups -OCH3 is 1. The molecule has 23 heavy (non-hydrogen) atoms. The van der Waals surface area contributed by atoms with Crippen LogP contribution in [-0.4, -0.2) is 16.7 Å². The Labute approximate surface area is 135 Å². The van der Waals surface area contributed by atoms with Gasteiger partial charge in [-0.2, -0.15) is 13.2 Å². The minimum absolute atomic E-state index is 0.0555. The summed E-state index contributed by atoms with van der Waals surface area (Å²) < 4.78 is 59.7. The maximum atomic E-state index is 14.4. The Morgan fingerprint density at radius 3 is 2.43 bits per heavy atom. The van der Waals surface area contributed by atoms with Crippen LogP contribution in [-0.2, 0) is 12.1 Å². The summed E-state index contributed by atoms with van der Waals surface area (Å²) in [5, 5.41) is 0. The molecule has 126 valence electrons. The van der Waals surface area contributed by atoms with Crippen LogP contribution in [0.5, 0.6) is 5.75 Å². The van der Waals surface area contributed by atoms with E-state index in [0.717, 1.165) is 12.3 Å². The number of ether oxygens (including phenoxy) is 1. The normalized spacial score (nSPS) is 12.0. The Morgan fingerprint density at radius 2 is 1.96 bits per heavy atom. The van der Waals surface area contributed by atoms with E-state index in [0.29, 0.717) is 5.56 Å². The topological polar surface area (TPSA) is 27.1 Å². The largest absolute Gasteiger partial charge is 0.496 e. The van der Waals surface area contributed by atoms with Crippen molar-refractivity contribution in [2.45, 2.75) is 31.9 Å². The van der Waals surface area contributed by atoms with E-state index in [1.165, 1.54) is 17.7 Å². The summed E-state index contributed by atoms with van der Waals surface area (Å²) in [5.41, 5.74) is -0.738. The zero-order valence-electron chi connectivity index (χ0n) is 12.7. The van der Waals surface area contributed by atoms with Gasteiger partial charge in [0.15, 0.2) is 5.69 Å². The van der Waals surface area contributed by atoms with Gasteiger partial charge in [0, 0.05) is 18.1 Å². The molecule has 0 saturated heterocycles. The zero-order valence-corrected chi connectivity index (χ0v) is 13.5. The number of rotatable bonds is 4. The molecule has 0 aliphatic carbocycles. The molecule has 0 fully saturated rings. The summed E-state index contributed by atoms with van der Waals surface area (Å²) in [5.74, 6) is -0.731. The maximum Gasteiger partial charge on any atom is 0.434 e. The van der Waals surface area contributed by atoms with Crippen LogP contribution >= 0.6 is 11.6 Å². The molecule has 2 aromatic rings. The molecule has 0 saturated carbocycles. The summed E-state index contributed by atoms with van der Waals surface area (Å²) in [6.45, 7) is 3.37. The highest BCUT2D eigenvalue weighted by molar-refractivity contribution is 6.17. The summed E-state index contributed by atoms with van der Waals surface area (Å²) >= 11 is 5.68. The van der Waals surface area contributed by atoms with E-state index in [9.17, 15) is 17.6 Å². The molecule has 0 aliphatic rings. The Bertz CT molecular complexity index is 710. The zero-order chi connectivity index (χ0) is 17.4. The molecular formula is C15H15ClF4N2O. The molecule has 0 amide bonds. The van der Waals surface area contributed by atoms with Gasteiger partial charge in [-0.15, -0.1) is 11.6 Å². The van der Waals surface area contributed by atoms with Gasteiger partial charge in [-0.3, -0.25) is 0 Å². The Balaban J connectivity index is 2.73. The summed E-state index contributed by atoms with van der Waals surface area (Å²) in [7, 11) is 1.31. The monoisotopic (exact) mass is 350 g/mol. The lowest BCUT2D eigenvalue weighted by atomic mass is 10.1. The lowest BCUT2D eigenvalue weighted by molar-refractivity contribution is -0.140. The second-order valence-electron chi connectivity index (χ2n) is 5.24. The number of hydrogen-bond donors (Lipinski definition) is 0. The molecule has 3 nitrogen and oxygen atoms in total. The summed E-state index contributed by atoms with van der Waals surface area (Å²) in [6, 6.07) is 2.31. The van der Waals surface area contributed by atoms with E-state index in [2.05, 4.69) is 4.98 Å². The average molecular weight is 351 g/mol. The van der Waals surface area contributed by atoms with E-state index in [-0.39, 0.29) is 29.1 Å². The first kappa shape index (κ1) is 17.6. The highest BCUT2D eigenvalue weighted by Crippen LogP contribution is 2.38. The Morgan fingerprint density at radius 1 is 1.30 bits per heavy atom. The molecule has 8 heteroatoms. The van der Waals surface area contributed by atoms with Crippen molar-refractivity contribution in [1.29, 1.82) is 0 Å². The molecule has 1 aromatic heterocycles. The summed E-state index contributed by atoms with van der Waals surface area (Å²) in [6.07, 6.45) is -3.75. The van der Waals surface area contributed by atoms with Gasteiger partial charge in [-0.1, -0.05) is 0 Å². The second kappa shape index (κ2) is 6.39. The van der Waals surface area contributed by atoms with Crippen molar-refractivity contribution in [2.24, 2.45) is 0 Å². The first-order valence-electron chi connectivity index (χ1n) is 6.77. The minimum Gasteiger partial charge on any atom is -0.496 e. The number of imidazole rings is 1. The van der Waals surface area contributed by atoms with Crippen molar-refractivity contribution in [3.8, 4) is 17.1 Å². The molecule has 0 bridgehead atoms. The number of nitrogens with zero attached hydrogens (tertiary/aromatic N) is 2. The Kier molecular flexibility index (Phi) is 4.89. The number of halogens is 5. The van der Waals surface area contributed by atoms with Crippen molar-refractivity contribution < 1.29 is 22.3 Å². The second-order valence-corrected chi connectivity index (χ2v) is 5.50. The van der Waals surface area contributed by atoms with Gasteiger partial charge in [-0.25, -0.2) is 9.37 Å². The van der Waals surface area contributed by atoms with Crippen molar-refractivity contribution in [2.75, 3.05) is 7.11 Å². The van der Waals surface area contributed by atoms with Gasteiger partial charge in [-0.05, 0) is 31.5 Å². The highest BCUT2D eigenvalue weighted by Gasteiger charge is 2.36. The molecular weight excluding hydrogens is 336 g/mol. The Hall–Kier alpha value is -1.76.